The van der Waals surface area contributed by atoms with Crippen LogP contribution in [-0.4, -0.2) is 58.4 Å². The standard InChI is InChI=1S/C27H31N9O2/c1-5-34-15-24(30-32-34)29-18-11-21(31-33(4)14-18)19-6-7-28-25(20(19)16-37)36-9-8-35-22(26(36)38)10-17-12-27(2,3)13-23(17)35/h6-11,15,29,37H,5,12-14,16H2,1-4H3. The Morgan fingerprint density at radius 1 is 1.21 bits per heavy atom. The van der Waals surface area contributed by atoms with Crippen LogP contribution in [0.1, 0.15) is 43.2 Å². The van der Waals surface area contributed by atoms with Crippen LogP contribution in [0.3, 0.4) is 0 Å². The van der Waals surface area contributed by atoms with Gasteiger partial charge in [-0.1, -0.05) is 19.1 Å². The highest BCUT2D eigenvalue weighted by Crippen LogP contribution is 2.37. The number of aliphatic hydroxyl groups excluding tert-OH is 1. The second-order valence-electron chi connectivity index (χ2n) is 10.7. The van der Waals surface area contributed by atoms with Crippen LogP contribution in [0.2, 0.25) is 0 Å². The smallest absolute Gasteiger partial charge is 0.280 e. The number of allylic oxidation sites excluding steroid dienone is 1. The lowest BCUT2D eigenvalue weighted by Gasteiger charge is -2.23. The number of hydrazone groups is 1. The highest BCUT2D eigenvalue weighted by atomic mass is 16.3. The van der Waals surface area contributed by atoms with Crippen molar-refractivity contribution in [1.82, 2.24) is 34.0 Å². The summed E-state index contributed by atoms with van der Waals surface area (Å²) in [5.74, 6) is 1.04. The molecule has 1 aliphatic heterocycles. The predicted molar refractivity (Wildman–Crippen MR) is 144 cm³/mol. The molecule has 0 amide bonds. The molecular weight excluding hydrogens is 482 g/mol. The highest BCUT2D eigenvalue weighted by Gasteiger charge is 2.32. The van der Waals surface area contributed by atoms with Gasteiger partial charge in [0.1, 0.15) is 11.3 Å². The van der Waals surface area contributed by atoms with Crippen molar-refractivity contribution in [1.29, 1.82) is 0 Å². The molecule has 0 spiro atoms. The molecule has 6 rings (SSSR count). The van der Waals surface area contributed by atoms with E-state index in [9.17, 15) is 9.90 Å². The lowest BCUT2D eigenvalue weighted by atomic mass is 9.90. The molecule has 2 aliphatic rings. The van der Waals surface area contributed by atoms with E-state index in [1.165, 1.54) is 15.8 Å². The summed E-state index contributed by atoms with van der Waals surface area (Å²) < 4.78 is 5.27. The summed E-state index contributed by atoms with van der Waals surface area (Å²) in [5, 5.41) is 28.5. The van der Waals surface area contributed by atoms with E-state index in [0.29, 0.717) is 40.5 Å². The zero-order chi connectivity index (χ0) is 26.6. The third kappa shape index (κ3) is 4.08. The largest absolute Gasteiger partial charge is 0.392 e. The number of nitrogens with zero attached hydrogens (tertiary/aromatic N) is 8. The van der Waals surface area contributed by atoms with Crippen molar-refractivity contribution in [3.63, 3.8) is 0 Å². The fourth-order valence-electron chi connectivity index (χ4n) is 5.50. The minimum absolute atomic E-state index is 0.168. The first-order valence-corrected chi connectivity index (χ1v) is 12.8. The van der Waals surface area contributed by atoms with Crippen LogP contribution in [0.25, 0.3) is 11.3 Å². The monoisotopic (exact) mass is 513 g/mol. The van der Waals surface area contributed by atoms with Crippen LogP contribution < -0.4 is 10.9 Å². The number of nitrogens with one attached hydrogen (secondary N) is 1. The number of anilines is 1. The quantitative estimate of drug-likeness (QED) is 0.406. The van der Waals surface area contributed by atoms with Crippen LogP contribution >= 0.6 is 0 Å². The number of aromatic nitrogens is 6. The van der Waals surface area contributed by atoms with Gasteiger partial charge >= 0.3 is 0 Å². The van der Waals surface area contributed by atoms with E-state index >= 15 is 0 Å². The first-order chi connectivity index (χ1) is 18.3. The van der Waals surface area contributed by atoms with Gasteiger partial charge in [0.25, 0.3) is 5.56 Å². The summed E-state index contributed by atoms with van der Waals surface area (Å²) in [5.41, 5.74) is 5.82. The van der Waals surface area contributed by atoms with E-state index in [0.717, 1.165) is 25.1 Å². The van der Waals surface area contributed by atoms with Gasteiger partial charge in [0.15, 0.2) is 5.82 Å². The number of hydrogen-bond acceptors (Lipinski definition) is 8. The first-order valence-electron chi connectivity index (χ1n) is 12.8. The zero-order valence-electron chi connectivity index (χ0n) is 22.0. The Labute approximate surface area is 219 Å². The third-order valence-corrected chi connectivity index (χ3v) is 7.18. The van der Waals surface area contributed by atoms with E-state index in [1.807, 2.05) is 54.0 Å². The van der Waals surface area contributed by atoms with Gasteiger partial charge in [-0.25, -0.2) is 4.98 Å². The van der Waals surface area contributed by atoms with Gasteiger partial charge in [-0.15, -0.1) is 5.10 Å². The lowest BCUT2D eigenvalue weighted by Crippen LogP contribution is -2.27. The molecule has 11 heteroatoms. The van der Waals surface area contributed by atoms with E-state index in [4.69, 9.17) is 5.10 Å². The van der Waals surface area contributed by atoms with Gasteiger partial charge in [-0.05, 0) is 49.0 Å². The maximum Gasteiger partial charge on any atom is 0.280 e. The van der Waals surface area contributed by atoms with Gasteiger partial charge in [0.2, 0.25) is 0 Å². The molecule has 196 valence electrons. The second kappa shape index (κ2) is 8.95. The molecule has 0 bridgehead atoms. The number of aryl methyl sites for hydroxylation is 1. The summed E-state index contributed by atoms with van der Waals surface area (Å²) >= 11 is 0. The second-order valence-corrected chi connectivity index (χ2v) is 10.7. The van der Waals surface area contributed by atoms with Crippen molar-refractivity contribution in [2.24, 2.45) is 10.5 Å². The highest BCUT2D eigenvalue weighted by molar-refractivity contribution is 6.10. The molecule has 0 saturated heterocycles. The van der Waals surface area contributed by atoms with Crippen molar-refractivity contribution < 1.29 is 5.11 Å². The lowest BCUT2D eigenvalue weighted by molar-refractivity contribution is 0.280. The van der Waals surface area contributed by atoms with E-state index in [1.54, 1.807) is 17.1 Å². The minimum atomic E-state index is -0.300. The van der Waals surface area contributed by atoms with Crippen molar-refractivity contribution in [2.45, 2.75) is 46.8 Å². The van der Waals surface area contributed by atoms with Crippen LogP contribution in [0.5, 0.6) is 0 Å². The van der Waals surface area contributed by atoms with Crippen molar-refractivity contribution in [3.8, 4) is 5.82 Å². The molecule has 0 unspecified atom stereocenters. The van der Waals surface area contributed by atoms with Crippen molar-refractivity contribution in [2.75, 3.05) is 18.9 Å². The number of aliphatic hydroxyl groups is 1. The maximum absolute atomic E-state index is 13.6. The van der Waals surface area contributed by atoms with Crippen LogP contribution in [0.4, 0.5) is 5.82 Å². The maximum atomic E-state index is 13.6. The molecule has 1 aliphatic carbocycles. The molecule has 5 heterocycles. The number of fused-ring (bicyclic) bond motifs is 3. The summed E-state index contributed by atoms with van der Waals surface area (Å²) in [4.78, 5) is 18.1. The number of pyridine rings is 1. The molecule has 0 radical (unpaired) electrons. The van der Waals surface area contributed by atoms with Gasteiger partial charge in [0.05, 0.1) is 25.1 Å². The van der Waals surface area contributed by atoms with Gasteiger partial charge in [-0.3, -0.25) is 19.1 Å². The SMILES string of the molecule is CCn1cc(NC2=CC(c3ccnc(-n4ccn5c6c(cc5c4=O)CC(C)(C)C6)c3CO)=NN(C)C2)nn1. The van der Waals surface area contributed by atoms with Crippen LogP contribution in [0.15, 0.2) is 58.6 Å². The van der Waals surface area contributed by atoms with E-state index < -0.39 is 0 Å². The average molecular weight is 514 g/mol. The van der Waals surface area contributed by atoms with Crippen LogP contribution in [-0.2, 0) is 26.0 Å². The molecular formula is C27H31N9O2. The molecule has 2 N–H and O–H groups in total. The Morgan fingerprint density at radius 2 is 2.05 bits per heavy atom. The fourth-order valence-corrected chi connectivity index (χ4v) is 5.50. The molecule has 38 heavy (non-hydrogen) atoms. The molecule has 0 atom stereocenters. The molecule has 11 nitrogen and oxygen atoms in total. The van der Waals surface area contributed by atoms with E-state index in [2.05, 4.69) is 34.5 Å². The summed E-state index contributed by atoms with van der Waals surface area (Å²) in [6, 6.07) is 3.81. The zero-order valence-corrected chi connectivity index (χ0v) is 22.0. The molecule has 0 fully saturated rings. The minimum Gasteiger partial charge on any atom is -0.392 e. The molecule has 4 aromatic heterocycles. The third-order valence-electron chi connectivity index (χ3n) is 7.18. The molecule has 0 aromatic carbocycles. The van der Waals surface area contributed by atoms with Crippen molar-refractivity contribution >= 4 is 17.0 Å². The predicted octanol–water partition coefficient (Wildman–Crippen LogP) is 2.36. The number of likely N-dealkylation sites (N-methyl/N-ethyl adjacent to an activating group) is 1. The van der Waals surface area contributed by atoms with Crippen LogP contribution in [0, 0.1) is 5.41 Å². The first kappa shape index (κ1) is 24.1. The number of hydrogen-bond donors (Lipinski definition) is 2. The Hall–Kier alpha value is -4.25. The topological polar surface area (TPSA) is 118 Å². The van der Waals surface area contributed by atoms with Gasteiger partial charge in [0, 0.05) is 54.7 Å². The van der Waals surface area contributed by atoms with E-state index in [-0.39, 0.29) is 17.6 Å². The summed E-state index contributed by atoms with van der Waals surface area (Å²) in [6.45, 7) is 7.49. The Bertz CT molecular complexity index is 1670. The normalized spacial score (nSPS) is 16.5. The van der Waals surface area contributed by atoms with Crippen molar-refractivity contribution in [3.05, 3.63) is 81.4 Å². The number of rotatable bonds is 6. The average Bonchev–Trinajstić information content (AvgIpc) is 3.56. The summed E-state index contributed by atoms with van der Waals surface area (Å²) in [7, 11) is 1.88. The summed E-state index contributed by atoms with van der Waals surface area (Å²) in [6.07, 6.45) is 11.0. The fraction of sp³-hybridized carbons (Fsp3) is 0.370. The van der Waals surface area contributed by atoms with Gasteiger partial charge in [-0.2, -0.15) is 5.10 Å². The Morgan fingerprint density at radius 3 is 2.82 bits per heavy atom. The Kier molecular flexibility index (Phi) is 5.68. The molecule has 0 saturated carbocycles. The van der Waals surface area contributed by atoms with Gasteiger partial charge < -0.3 is 14.8 Å². The Balaban J connectivity index is 1.40. The molecule has 4 aromatic rings.